The molecule has 1 fully saturated rings. The van der Waals surface area contributed by atoms with E-state index in [-0.39, 0.29) is 18.2 Å². The topological polar surface area (TPSA) is 51.5 Å². The van der Waals surface area contributed by atoms with Crippen LogP contribution < -0.4 is 9.64 Å². The summed E-state index contributed by atoms with van der Waals surface area (Å²) in [6, 6.07) is 15.0. The highest BCUT2D eigenvalue weighted by atomic mass is 16.5. The van der Waals surface area contributed by atoms with Crippen LogP contribution in [0.3, 0.4) is 0 Å². The van der Waals surface area contributed by atoms with E-state index in [1.165, 1.54) is 4.90 Å². The van der Waals surface area contributed by atoms with E-state index in [0.29, 0.717) is 11.4 Å². The summed E-state index contributed by atoms with van der Waals surface area (Å²) in [5.74, 6) is -0.0876. The third-order valence-electron chi connectivity index (χ3n) is 5.01. The van der Waals surface area contributed by atoms with Crippen LogP contribution in [0, 0.1) is 0 Å². The fraction of sp³-hybridized carbons (Fsp3) is 0.238. The van der Waals surface area contributed by atoms with Gasteiger partial charge in [-0.3, -0.25) is 14.5 Å². The third kappa shape index (κ3) is 2.47. The maximum Gasteiger partial charge on any atom is 0.241 e. The molecule has 5 nitrogen and oxygen atoms in total. The fourth-order valence-corrected chi connectivity index (χ4v) is 3.69. The number of imide groups is 1. The van der Waals surface area contributed by atoms with Crippen LogP contribution in [0.15, 0.2) is 54.7 Å². The van der Waals surface area contributed by atoms with Gasteiger partial charge >= 0.3 is 0 Å². The van der Waals surface area contributed by atoms with Gasteiger partial charge in [-0.15, -0.1) is 0 Å². The predicted molar refractivity (Wildman–Crippen MR) is 100 cm³/mol. The zero-order chi connectivity index (χ0) is 18.3. The van der Waals surface area contributed by atoms with Crippen LogP contribution in [-0.4, -0.2) is 23.5 Å². The molecule has 2 amide bonds. The Morgan fingerprint density at radius 2 is 1.81 bits per heavy atom. The maximum atomic E-state index is 13.1. The van der Waals surface area contributed by atoms with Crippen LogP contribution in [0.25, 0.3) is 10.9 Å². The monoisotopic (exact) mass is 348 g/mol. The Labute approximate surface area is 151 Å². The van der Waals surface area contributed by atoms with Gasteiger partial charge in [-0.2, -0.15) is 0 Å². The van der Waals surface area contributed by atoms with Crippen LogP contribution in [0.1, 0.15) is 24.8 Å². The van der Waals surface area contributed by atoms with E-state index in [0.717, 1.165) is 23.0 Å². The van der Waals surface area contributed by atoms with E-state index in [1.807, 2.05) is 30.5 Å². The lowest BCUT2D eigenvalue weighted by atomic mass is 9.97. The van der Waals surface area contributed by atoms with Crippen LogP contribution in [0.4, 0.5) is 5.69 Å². The van der Waals surface area contributed by atoms with Crippen molar-refractivity contribution in [3.63, 3.8) is 0 Å². The van der Waals surface area contributed by atoms with Crippen molar-refractivity contribution < 1.29 is 14.3 Å². The van der Waals surface area contributed by atoms with E-state index in [1.54, 1.807) is 31.4 Å². The van der Waals surface area contributed by atoms with Crippen LogP contribution in [0.2, 0.25) is 0 Å². The highest BCUT2D eigenvalue weighted by Crippen LogP contribution is 2.37. The molecule has 1 aliphatic heterocycles. The largest absolute Gasteiger partial charge is 0.497 e. The summed E-state index contributed by atoms with van der Waals surface area (Å²) in [6.07, 6.45) is 2.21. The third-order valence-corrected chi connectivity index (χ3v) is 5.01. The Morgan fingerprint density at radius 3 is 2.50 bits per heavy atom. The first-order valence-corrected chi connectivity index (χ1v) is 8.72. The minimum absolute atomic E-state index is 0.167. The Bertz CT molecular complexity index is 988. The number of fused-ring (bicyclic) bond motifs is 1. The maximum absolute atomic E-state index is 13.1. The molecular formula is C21H20N2O3. The van der Waals surface area contributed by atoms with Crippen molar-refractivity contribution in [3.05, 3.63) is 60.3 Å². The van der Waals surface area contributed by atoms with E-state index in [9.17, 15) is 9.59 Å². The molecular weight excluding hydrogens is 328 g/mol. The molecule has 0 radical (unpaired) electrons. The van der Waals surface area contributed by atoms with Gasteiger partial charge in [0.1, 0.15) is 5.75 Å². The Kier molecular flexibility index (Phi) is 3.99. The molecule has 0 aliphatic carbocycles. The minimum Gasteiger partial charge on any atom is -0.497 e. The second kappa shape index (κ2) is 6.33. The van der Waals surface area contributed by atoms with Gasteiger partial charge in [-0.1, -0.05) is 18.2 Å². The number of rotatable bonds is 4. The number of amides is 2. The number of anilines is 1. The summed E-state index contributed by atoms with van der Waals surface area (Å²) < 4.78 is 7.27. The molecule has 0 saturated carbocycles. The number of methoxy groups -OCH3 is 1. The van der Waals surface area contributed by atoms with Gasteiger partial charge in [-0.05, 0) is 42.8 Å². The van der Waals surface area contributed by atoms with Crippen LogP contribution in [-0.2, 0) is 16.1 Å². The summed E-state index contributed by atoms with van der Waals surface area (Å²) in [4.78, 5) is 27.0. The average Bonchev–Trinajstić information content (AvgIpc) is 3.19. The van der Waals surface area contributed by atoms with Gasteiger partial charge in [0.25, 0.3) is 0 Å². The van der Waals surface area contributed by atoms with Gasteiger partial charge in [0, 0.05) is 30.1 Å². The lowest BCUT2D eigenvalue weighted by Crippen LogP contribution is -2.29. The van der Waals surface area contributed by atoms with E-state index < -0.39 is 5.92 Å². The number of nitrogens with zero attached hydrogens (tertiary/aromatic N) is 2. The van der Waals surface area contributed by atoms with Crippen molar-refractivity contribution in [2.75, 3.05) is 12.0 Å². The summed E-state index contributed by atoms with van der Waals surface area (Å²) in [6.45, 7) is 2.89. The number of benzene rings is 2. The van der Waals surface area contributed by atoms with Gasteiger partial charge in [0.2, 0.25) is 11.8 Å². The molecule has 0 spiro atoms. The molecule has 132 valence electrons. The minimum atomic E-state index is -0.442. The molecule has 3 aromatic rings. The first-order valence-electron chi connectivity index (χ1n) is 8.72. The van der Waals surface area contributed by atoms with Crippen molar-refractivity contribution in [2.24, 2.45) is 0 Å². The number of hydrogen-bond donors (Lipinski definition) is 0. The van der Waals surface area contributed by atoms with Gasteiger partial charge in [0.15, 0.2) is 0 Å². The molecule has 1 aromatic heterocycles. The van der Waals surface area contributed by atoms with Crippen LogP contribution in [0.5, 0.6) is 5.75 Å². The Balaban J connectivity index is 1.73. The predicted octanol–water partition coefficient (Wildman–Crippen LogP) is 3.72. The first kappa shape index (κ1) is 16.4. The summed E-state index contributed by atoms with van der Waals surface area (Å²) in [5, 5.41) is 1.04. The fourth-order valence-electron chi connectivity index (χ4n) is 3.69. The second-order valence-corrected chi connectivity index (χ2v) is 6.41. The van der Waals surface area contributed by atoms with Gasteiger partial charge in [0.05, 0.1) is 18.7 Å². The Hall–Kier alpha value is -3.08. The normalized spacial score (nSPS) is 17.3. The lowest BCUT2D eigenvalue weighted by molar-refractivity contribution is -0.121. The first-order chi connectivity index (χ1) is 12.6. The number of carbonyl (C=O) groups is 2. The summed E-state index contributed by atoms with van der Waals surface area (Å²) in [5.41, 5.74) is 2.60. The molecule has 0 unspecified atom stereocenters. The Morgan fingerprint density at radius 1 is 1.08 bits per heavy atom. The molecule has 0 N–H and O–H groups in total. The SMILES string of the molecule is CCn1cc([C@@H]2CC(=O)N(c3ccc(OC)cc3)C2=O)c2ccccc21. The molecule has 2 heterocycles. The molecule has 4 rings (SSSR count). The highest BCUT2D eigenvalue weighted by Gasteiger charge is 2.41. The molecule has 0 bridgehead atoms. The number of aryl methyl sites for hydroxylation is 1. The number of para-hydroxylation sites is 1. The van der Waals surface area contributed by atoms with E-state index in [2.05, 4.69) is 11.5 Å². The zero-order valence-corrected chi connectivity index (χ0v) is 14.8. The molecule has 2 aromatic carbocycles. The van der Waals surface area contributed by atoms with Crippen molar-refractivity contribution in [1.29, 1.82) is 0 Å². The molecule has 26 heavy (non-hydrogen) atoms. The quantitative estimate of drug-likeness (QED) is 0.675. The smallest absolute Gasteiger partial charge is 0.241 e. The molecule has 5 heteroatoms. The summed E-state index contributed by atoms with van der Waals surface area (Å²) >= 11 is 0. The highest BCUT2D eigenvalue weighted by molar-refractivity contribution is 6.23. The standard InChI is InChI=1S/C21H20N2O3/c1-3-22-13-18(16-6-4-5-7-19(16)22)17-12-20(24)23(21(17)25)14-8-10-15(26-2)11-9-14/h4-11,13,17H,3,12H2,1-2H3/t17-/m0/s1. The molecule has 1 aliphatic rings. The van der Waals surface area contributed by atoms with E-state index >= 15 is 0 Å². The lowest BCUT2D eigenvalue weighted by Gasteiger charge is -2.15. The van der Waals surface area contributed by atoms with Crippen molar-refractivity contribution in [2.45, 2.75) is 25.8 Å². The average molecular weight is 348 g/mol. The van der Waals surface area contributed by atoms with Crippen molar-refractivity contribution in [3.8, 4) is 5.75 Å². The number of aromatic nitrogens is 1. The van der Waals surface area contributed by atoms with Crippen molar-refractivity contribution >= 4 is 28.4 Å². The molecule has 1 atom stereocenters. The van der Waals surface area contributed by atoms with E-state index in [4.69, 9.17) is 4.74 Å². The number of carbonyl (C=O) groups excluding carboxylic acids is 2. The second-order valence-electron chi connectivity index (χ2n) is 6.41. The summed E-state index contributed by atoms with van der Waals surface area (Å²) in [7, 11) is 1.58. The van der Waals surface area contributed by atoms with Gasteiger partial charge < -0.3 is 9.30 Å². The molecule has 1 saturated heterocycles. The van der Waals surface area contributed by atoms with Crippen molar-refractivity contribution in [1.82, 2.24) is 4.57 Å². The number of ether oxygens (including phenoxy) is 1. The number of hydrogen-bond acceptors (Lipinski definition) is 3. The van der Waals surface area contributed by atoms with Gasteiger partial charge in [-0.25, -0.2) is 0 Å². The van der Waals surface area contributed by atoms with Crippen LogP contribution >= 0.6 is 0 Å². The zero-order valence-electron chi connectivity index (χ0n) is 14.8.